The fourth-order valence-corrected chi connectivity index (χ4v) is 1.83. The Labute approximate surface area is 109 Å². The standard InChI is InChI=1S/C11H13N5OS/c1-2-17-8-5-3-7(4-6-8)16-10(13)14-9(12)15-11(16)18/h3-6H,2H2,1H3,(H4,12,13,14,15,18). The second kappa shape index (κ2) is 5.01. The minimum absolute atomic E-state index is 0.0692. The SMILES string of the molecule is CCOc1ccc(-n2c(N)nc(N)nc2=S)cc1. The van der Waals surface area contributed by atoms with Crippen LogP contribution in [0.2, 0.25) is 0 Å². The van der Waals surface area contributed by atoms with Crippen LogP contribution >= 0.6 is 12.2 Å². The summed E-state index contributed by atoms with van der Waals surface area (Å²) in [5.41, 5.74) is 12.0. The van der Waals surface area contributed by atoms with Crippen LogP contribution in [0.5, 0.6) is 5.75 Å². The summed E-state index contributed by atoms with van der Waals surface area (Å²) < 4.78 is 7.17. The predicted molar refractivity (Wildman–Crippen MR) is 72.2 cm³/mol. The fraction of sp³-hybridized carbons (Fsp3) is 0.182. The summed E-state index contributed by atoms with van der Waals surface area (Å²) in [4.78, 5) is 7.78. The van der Waals surface area contributed by atoms with Crippen LogP contribution in [0, 0.1) is 4.77 Å². The Morgan fingerprint density at radius 3 is 2.44 bits per heavy atom. The normalized spacial score (nSPS) is 10.3. The summed E-state index contributed by atoms with van der Waals surface area (Å²) >= 11 is 5.11. The minimum atomic E-state index is 0.0692. The molecule has 18 heavy (non-hydrogen) atoms. The molecule has 0 radical (unpaired) electrons. The molecule has 2 rings (SSSR count). The van der Waals surface area contributed by atoms with Gasteiger partial charge in [-0.05, 0) is 43.4 Å². The van der Waals surface area contributed by atoms with E-state index in [0.717, 1.165) is 11.4 Å². The molecule has 0 aliphatic rings. The summed E-state index contributed by atoms with van der Waals surface area (Å²) in [6.45, 7) is 2.54. The molecule has 1 aromatic carbocycles. The topological polar surface area (TPSA) is 92.0 Å². The summed E-state index contributed by atoms with van der Waals surface area (Å²) in [5.74, 6) is 1.05. The molecule has 0 atom stereocenters. The van der Waals surface area contributed by atoms with Crippen LogP contribution in [0.3, 0.4) is 0 Å². The van der Waals surface area contributed by atoms with Crippen molar-refractivity contribution in [1.29, 1.82) is 0 Å². The number of hydrogen-bond acceptors (Lipinski definition) is 6. The first-order valence-electron chi connectivity index (χ1n) is 5.37. The van der Waals surface area contributed by atoms with Gasteiger partial charge in [0.15, 0.2) is 0 Å². The van der Waals surface area contributed by atoms with E-state index < -0.39 is 0 Å². The van der Waals surface area contributed by atoms with Crippen LogP contribution in [0.1, 0.15) is 6.92 Å². The largest absolute Gasteiger partial charge is 0.494 e. The molecule has 2 aromatic rings. The third-order valence-electron chi connectivity index (χ3n) is 2.27. The third-order valence-corrected chi connectivity index (χ3v) is 2.54. The van der Waals surface area contributed by atoms with Crippen LogP contribution in [0.25, 0.3) is 5.69 Å². The van der Waals surface area contributed by atoms with Crippen molar-refractivity contribution in [2.24, 2.45) is 0 Å². The predicted octanol–water partition coefficient (Wildman–Crippen LogP) is 1.56. The summed E-state index contributed by atoms with van der Waals surface area (Å²) in [5, 5.41) is 0. The Morgan fingerprint density at radius 1 is 1.22 bits per heavy atom. The number of hydrogen-bond donors (Lipinski definition) is 2. The molecule has 7 heteroatoms. The van der Waals surface area contributed by atoms with E-state index in [2.05, 4.69) is 9.97 Å². The molecular weight excluding hydrogens is 250 g/mol. The zero-order valence-electron chi connectivity index (χ0n) is 9.83. The first-order chi connectivity index (χ1) is 8.61. The van der Waals surface area contributed by atoms with Gasteiger partial charge in [-0.3, -0.25) is 4.57 Å². The summed E-state index contributed by atoms with van der Waals surface area (Å²) in [7, 11) is 0. The average molecular weight is 263 g/mol. The number of nitrogen functional groups attached to an aromatic ring is 2. The monoisotopic (exact) mass is 263 g/mol. The summed E-state index contributed by atoms with van der Waals surface area (Å²) in [6.07, 6.45) is 0. The lowest BCUT2D eigenvalue weighted by atomic mass is 10.3. The van der Waals surface area contributed by atoms with Crippen molar-refractivity contribution in [2.75, 3.05) is 18.1 Å². The van der Waals surface area contributed by atoms with Crippen LogP contribution in [0.15, 0.2) is 24.3 Å². The zero-order chi connectivity index (χ0) is 13.1. The number of anilines is 2. The maximum absolute atomic E-state index is 5.78. The first-order valence-corrected chi connectivity index (χ1v) is 5.78. The molecule has 1 aromatic heterocycles. The lowest BCUT2D eigenvalue weighted by Gasteiger charge is -2.10. The molecule has 0 spiro atoms. The van der Waals surface area contributed by atoms with Gasteiger partial charge >= 0.3 is 0 Å². The van der Waals surface area contributed by atoms with Gasteiger partial charge in [-0.15, -0.1) is 0 Å². The quantitative estimate of drug-likeness (QED) is 0.816. The number of aromatic nitrogens is 3. The lowest BCUT2D eigenvalue weighted by molar-refractivity contribution is 0.340. The van der Waals surface area contributed by atoms with Crippen molar-refractivity contribution in [3.05, 3.63) is 29.0 Å². The van der Waals surface area contributed by atoms with Crippen LogP contribution in [-0.2, 0) is 0 Å². The van der Waals surface area contributed by atoms with Gasteiger partial charge in [0.05, 0.1) is 12.3 Å². The Hall–Kier alpha value is -2.15. The van der Waals surface area contributed by atoms with Gasteiger partial charge in [0, 0.05) is 0 Å². The Kier molecular flexibility index (Phi) is 3.42. The highest BCUT2D eigenvalue weighted by Crippen LogP contribution is 2.17. The number of nitrogens with two attached hydrogens (primary N) is 2. The molecule has 0 aliphatic heterocycles. The highest BCUT2D eigenvalue weighted by molar-refractivity contribution is 7.71. The van der Waals surface area contributed by atoms with Gasteiger partial charge in [-0.2, -0.15) is 9.97 Å². The molecule has 0 unspecified atom stereocenters. The maximum atomic E-state index is 5.78. The molecule has 0 aliphatic carbocycles. The van der Waals surface area contributed by atoms with E-state index in [1.54, 1.807) is 4.57 Å². The van der Waals surface area contributed by atoms with E-state index in [0.29, 0.717) is 6.61 Å². The second-order valence-electron chi connectivity index (χ2n) is 3.48. The molecule has 94 valence electrons. The molecule has 1 heterocycles. The number of rotatable bonds is 3. The van der Waals surface area contributed by atoms with Gasteiger partial charge < -0.3 is 16.2 Å². The van der Waals surface area contributed by atoms with E-state index >= 15 is 0 Å². The first kappa shape index (κ1) is 12.3. The van der Waals surface area contributed by atoms with E-state index in [9.17, 15) is 0 Å². The van der Waals surface area contributed by atoms with Crippen molar-refractivity contribution in [2.45, 2.75) is 6.92 Å². The van der Waals surface area contributed by atoms with E-state index in [1.807, 2.05) is 31.2 Å². The molecule has 0 saturated carbocycles. The number of ether oxygens (including phenoxy) is 1. The van der Waals surface area contributed by atoms with E-state index in [-0.39, 0.29) is 16.7 Å². The summed E-state index contributed by atoms with van der Waals surface area (Å²) in [6, 6.07) is 7.32. The number of nitrogens with zero attached hydrogens (tertiary/aromatic N) is 3. The van der Waals surface area contributed by atoms with E-state index in [1.165, 1.54) is 0 Å². The highest BCUT2D eigenvalue weighted by Gasteiger charge is 2.05. The lowest BCUT2D eigenvalue weighted by Crippen LogP contribution is -2.11. The van der Waals surface area contributed by atoms with Gasteiger partial charge in [0.1, 0.15) is 5.75 Å². The molecule has 4 N–H and O–H groups in total. The van der Waals surface area contributed by atoms with Crippen LogP contribution in [0.4, 0.5) is 11.9 Å². The highest BCUT2D eigenvalue weighted by atomic mass is 32.1. The third kappa shape index (κ3) is 2.40. The Bertz CT molecular complexity index is 608. The fourth-order valence-electron chi connectivity index (χ4n) is 1.54. The van der Waals surface area contributed by atoms with Gasteiger partial charge in [-0.25, -0.2) is 0 Å². The van der Waals surface area contributed by atoms with Gasteiger partial charge in [0.2, 0.25) is 16.7 Å². The van der Waals surface area contributed by atoms with Crippen LogP contribution in [-0.4, -0.2) is 21.1 Å². The maximum Gasteiger partial charge on any atom is 0.225 e. The molecular formula is C11H13N5OS. The van der Waals surface area contributed by atoms with Crippen LogP contribution < -0.4 is 16.2 Å². The van der Waals surface area contributed by atoms with Gasteiger partial charge in [-0.1, -0.05) is 0 Å². The van der Waals surface area contributed by atoms with E-state index in [4.69, 9.17) is 28.4 Å². The number of benzene rings is 1. The second-order valence-corrected chi connectivity index (χ2v) is 3.85. The Balaban J connectivity index is 2.46. The van der Waals surface area contributed by atoms with Crippen molar-refractivity contribution in [1.82, 2.24) is 14.5 Å². The molecule has 0 fully saturated rings. The minimum Gasteiger partial charge on any atom is -0.494 e. The van der Waals surface area contributed by atoms with Crippen molar-refractivity contribution in [3.63, 3.8) is 0 Å². The average Bonchev–Trinajstić information content (AvgIpc) is 2.30. The van der Waals surface area contributed by atoms with Crippen molar-refractivity contribution in [3.8, 4) is 11.4 Å². The van der Waals surface area contributed by atoms with Crippen molar-refractivity contribution >= 4 is 24.1 Å². The Morgan fingerprint density at radius 2 is 1.89 bits per heavy atom. The smallest absolute Gasteiger partial charge is 0.225 e. The van der Waals surface area contributed by atoms with Crippen molar-refractivity contribution < 1.29 is 4.74 Å². The van der Waals surface area contributed by atoms with Gasteiger partial charge in [0.25, 0.3) is 0 Å². The molecule has 0 bridgehead atoms. The zero-order valence-corrected chi connectivity index (χ0v) is 10.6. The molecule has 6 nitrogen and oxygen atoms in total. The molecule has 0 saturated heterocycles. The molecule has 0 amide bonds.